The number of halogens is 2. The van der Waals surface area contributed by atoms with Crippen LogP contribution in [0.5, 0.6) is 5.75 Å². The number of rotatable bonds is 12. The number of ether oxygens (including phenoxy) is 2. The highest BCUT2D eigenvalue weighted by Gasteiger charge is 2.14. The quantitative estimate of drug-likeness (QED) is 0.291. The maximum Gasteiger partial charge on any atom is 0.159 e. The van der Waals surface area contributed by atoms with E-state index in [1.54, 1.807) is 18.2 Å². The fourth-order valence-corrected chi connectivity index (χ4v) is 3.39. The Morgan fingerprint density at radius 3 is 2.76 bits per heavy atom. The van der Waals surface area contributed by atoms with Gasteiger partial charge >= 0.3 is 0 Å². The minimum absolute atomic E-state index is 0.00384. The molecule has 1 heterocycles. The molecule has 2 aromatic carbocycles. The van der Waals surface area contributed by atoms with Crippen molar-refractivity contribution in [3.8, 4) is 5.75 Å². The van der Waals surface area contributed by atoms with Crippen molar-refractivity contribution >= 4 is 39.8 Å². The number of anilines is 2. The van der Waals surface area contributed by atoms with Gasteiger partial charge in [0, 0.05) is 42.3 Å². The summed E-state index contributed by atoms with van der Waals surface area (Å²) in [4.78, 5) is 23.3. The second kappa shape index (κ2) is 12.4. The zero-order chi connectivity index (χ0) is 24.5. The highest BCUT2D eigenvalue weighted by Crippen LogP contribution is 2.31. The molecule has 0 amide bonds. The predicted molar refractivity (Wildman–Crippen MR) is 133 cm³/mol. The number of hydrogen-bond donors (Lipinski definition) is 1. The average Bonchev–Trinajstić information content (AvgIpc) is 2.79. The Hall–Kier alpha value is -3.07. The monoisotopic (exact) mass is 486 g/mol. The van der Waals surface area contributed by atoms with Crippen LogP contribution in [0.1, 0.15) is 12.5 Å². The predicted octanol–water partition coefficient (Wildman–Crippen LogP) is 4.81. The van der Waals surface area contributed by atoms with Crippen LogP contribution in [0.15, 0.2) is 48.8 Å². The van der Waals surface area contributed by atoms with E-state index < -0.39 is 5.82 Å². The minimum atomic E-state index is -0.503. The Morgan fingerprint density at radius 2 is 2.03 bits per heavy atom. The number of allylic oxidation sites excluding steroid dienone is 1. The Labute approximate surface area is 203 Å². The largest absolute Gasteiger partial charge is 0.491 e. The van der Waals surface area contributed by atoms with Crippen molar-refractivity contribution in [2.75, 3.05) is 45.8 Å². The van der Waals surface area contributed by atoms with Crippen LogP contribution in [0.3, 0.4) is 0 Å². The highest BCUT2D eigenvalue weighted by molar-refractivity contribution is 6.31. The van der Waals surface area contributed by atoms with E-state index in [2.05, 4.69) is 15.3 Å². The van der Waals surface area contributed by atoms with Gasteiger partial charge in [0.25, 0.3) is 0 Å². The molecule has 1 aromatic heterocycles. The normalized spacial score (nSPS) is 11.5. The minimum Gasteiger partial charge on any atom is -0.491 e. The summed E-state index contributed by atoms with van der Waals surface area (Å²) in [6, 6.07) is 7.97. The molecule has 0 atom stereocenters. The molecule has 180 valence electrons. The van der Waals surface area contributed by atoms with Crippen LogP contribution < -0.4 is 10.1 Å². The van der Waals surface area contributed by atoms with Crippen molar-refractivity contribution in [3.63, 3.8) is 0 Å². The van der Waals surface area contributed by atoms with E-state index in [1.165, 1.54) is 18.5 Å². The third-order valence-corrected chi connectivity index (χ3v) is 5.12. The molecule has 0 saturated heterocycles. The van der Waals surface area contributed by atoms with E-state index in [9.17, 15) is 9.18 Å². The van der Waals surface area contributed by atoms with E-state index in [1.807, 2.05) is 38.1 Å². The van der Waals surface area contributed by atoms with Gasteiger partial charge in [-0.2, -0.15) is 0 Å². The smallest absolute Gasteiger partial charge is 0.159 e. The summed E-state index contributed by atoms with van der Waals surface area (Å²) < 4.78 is 24.8. The van der Waals surface area contributed by atoms with Crippen molar-refractivity contribution < 1.29 is 18.7 Å². The van der Waals surface area contributed by atoms with E-state index >= 15 is 0 Å². The first-order valence-corrected chi connectivity index (χ1v) is 11.3. The Balaban J connectivity index is 1.94. The molecular formula is C25H28ClFN4O3. The molecular weight excluding hydrogens is 459 g/mol. The second-order valence-corrected chi connectivity index (χ2v) is 8.21. The molecule has 0 unspecified atom stereocenters. The average molecular weight is 487 g/mol. The number of likely N-dealkylation sites (N-methyl/N-ethyl adjacent to an activating group) is 1. The molecule has 0 aliphatic heterocycles. The van der Waals surface area contributed by atoms with Gasteiger partial charge in [-0.1, -0.05) is 17.7 Å². The van der Waals surface area contributed by atoms with Crippen LogP contribution in [0, 0.1) is 5.82 Å². The van der Waals surface area contributed by atoms with Crippen LogP contribution in [0.4, 0.5) is 15.9 Å². The van der Waals surface area contributed by atoms with Gasteiger partial charge in [0.15, 0.2) is 5.78 Å². The van der Waals surface area contributed by atoms with Gasteiger partial charge in [0.2, 0.25) is 0 Å². The molecule has 0 saturated carbocycles. The number of fused-ring (bicyclic) bond motifs is 1. The first-order valence-electron chi connectivity index (χ1n) is 10.9. The van der Waals surface area contributed by atoms with Gasteiger partial charge in [-0.25, -0.2) is 14.4 Å². The van der Waals surface area contributed by atoms with Crippen LogP contribution in [0.25, 0.3) is 10.9 Å². The van der Waals surface area contributed by atoms with E-state index in [-0.39, 0.29) is 17.2 Å². The van der Waals surface area contributed by atoms with E-state index in [0.717, 1.165) is 0 Å². The van der Waals surface area contributed by atoms with Crippen molar-refractivity contribution in [3.05, 3.63) is 65.2 Å². The molecule has 1 N–H and O–H groups in total. The molecule has 0 fully saturated rings. The van der Waals surface area contributed by atoms with Crippen molar-refractivity contribution in [1.29, 1.82) is 0 Å². The first kappa shape index (κ1) is 25.6. The third kappa shape index (κ3) is 7.21. The third-order valence-electron chi connectivity index (χ3n) is 4.83. The number of aromatic nitrogens is 2. The summed E-state index contributed by atoms with van der Waals surface area (Å²) in [7, 11) is 3.87. The zero-order valence-electron chi connectivity index (χ0n) is 19.5. The summed E-state index contributed by atoms with van der Waals surface area (Å²) >= 11 is 5.91. The molecule has 34 heavy (non-hydrogen) atoms. The lowest BCUT2D eigenvalue weighted by Crippen LogP contribution is -2.12. The standard InChI is InChI=1S/C25H28ClFN4O3/c1-4-33-10-11-34-24-15-23-20(13-17(24)12-19(32)6-5-9-31(2)3)25(29-16-28-23)30-18-7-8-22(27)21(26)14-18/h5-8,13-16H,4,9-12H2,1-3H3,(H,28,29,30)/b6-5+. The van der Waals surface area contributed by atoms with Crippen LogP contribution >= 0.6 is 11.6 Å². The fourth-order valence-electron chi connectivity index (χ4n) is 3.21. The molecule has 0 aliphatic carbocycles. The number of carbonyl (C=O) groups excluding carboxylic acids is 1. The number of carbonyl (C=O) groups is 1. The number of ketones is 1. The number of hydrogen-bond acceptors (Lipinski definition) is 7. The maximum absolute atomic E-state index is 13.5. The molecule has 0 radical (unpaired) electrons. The van der Waals surface area contributed by atoms with Crippen LogP contribution in [-0.4, -0.2) is 61.1 Å². The second-order valence-electron chi connectivity index (χ2n) is 7.81. The topological polar surface area (TPSA) is 76.6 Å². The van der Waals surface area contributed by atoms with Gasteiger partial charge in [0.05, 0.1) is 17.1 Å². The summed E-state index contributed by atoms with van der Waals surface area (Å²) in [6.45, 7) is 3.97. The van der Waals surface area contributed by atoms with Gasteiger partial charge in [-0.05, 0) is 51.4 Å². The van der Waals surface area contributed by atoms with E-state index in [4.69, 9.17) is 21.1 Å². The zero-order valence-corrected chi connectivity index (χ0v) is 20.2. The summed E-state index contributed by atoms with van der Waals surface area (Å²) in [5, 5.41) is 3.85. The summed E-state index contributed by atoms with van der Waals surface area (Å²) in [5.74, 6) is 0.519. The van der Waals surface area contributed by atoms with Gasteiger partial charge < -0.3 is 19.7 Å². The van der Waals surface area contributed by atoms with Crippen molar-refractivity contribution in [1.82, 2.24) is 14.9 Å². The SMILES string of the molecule is CCOCCOc1cc2ncnc(Nc3ccc(F)c(Cl)c3)c2cc1CC(=O)/C=C/CN(C)C. The molecule has 0 bridgehead atoms. The highest BCUT2D eigenvalue weighted by atomic mass is 35.5. The lowest BCUT2D eigenvalue weighted by atomic mass is 10.0. The molecule has 3 rings (SSSR count). The lowest BCUT2D eigenvalue weighted by Gasteiger charge is -2.14. The van der Waals surface area contributed by atoms with Crippen molar-refractivity contribution in [2.24, 2.45) is 0 Å². The van der Waals surface area contributed by atoms with Gasteiger partial charge in [0.1, 0.15) is 30.3 Å². The Morgan fingerprint density at radius 1 is 1.21 bits per heavy atom. The Kier molecular flexibility index (Phi) is 9.33. The molecule has 0 aliphatic rings. The fraction of sp³-hybridized carbons (Fsp3) is 0.320. The number of nitrogens with one attached hydrogen (secondary N) is 1. The molecule has 0 spiro atoms. The molecule has 7 nitrogen and oxygen atoms in total. The number of nitrogens with zero attached hydrogens (tertiary/aromatic N) is 3. The molecule has 9 heteroatoms. The maximum atomic E-state index is 13.5. The molecule has 3 aromatic rings. The summed E-state index contributed by atoms with van der Waals surface area (Å²) in [5.41, 5.74) is 1.92. The number of benzene rings is 2. The first-order chi connectivity index (χ1) is 16.4. The van der Waals surface area contributed by atoms with Gasteiger partial charge in [-0.3, -0.25) is 4.79 Å². The lowest BCUT2D eigenvalue weighted by molar-refractivity contribution is -0.114. The summed E-state index contributed by atoms with van der Waals surface area (Å²) in [6.07, 6.45) is 4.98. The van der Waals surface area contributed by atoms with Gasteiger partial charge in [-0.15, -0.1) is 0 Å². The van der Waals surface area contributed by atoms with Crippen LogP contribution in [-0.2, 0) is 16.0 Å². The Bertz CT molecular complexity index is 1170. The van der Waals surface area contributed by atoms with E-state index in [0.29, 0.717) is 60.1 Å². The van der Waals surface area contributed by atoms with Crippen LogP contribution in [0.2, 0.25) is 5.02 Å². The van der Waals surface area contributed by atoms with Crippen molar-refractivity contribution in [2.45, 2.75) is 13.3 Å².